The summed E-state index contributed by atoms with van der Waals surface area (Å²) in [6.07, 6.45) is 9.05. The number of rotatable bonds is 8. The Morgan fingerprint density at radius 1 is 0.706 bits per heavy atom. The molecule has 0 aliphatic carbocycles. The van der Waals surface area contributed by atoms with E-state index < -0.39 is 0 Å². The first-order valence-corrected chi connectivity index (χ1v) is 11.8. The fraction of sp³-hybridized carbons (Fsp3) is 0.0741. The van der Waals surface area contributed by atoms with Crippen LogP contribution in [0.3, 0.4) is 0 Å². The van der Waals surface area contributed by atoms with Gasteiger partial charge < -0.3 is 0 Å². The van der Waals surface area contributed by atoms with Gasteiger partial charge in [-0.2, -0.15) is 5.10 Å². The van der Waals surface area contributed by atoms with Crippen molar-refractivity contribution in [3.8, 4) is 33.4 Å². The summed E-state index contributed by atoms with van der Waals surface area (Å²) in [6, 6.07) is 22.8. The van der Waals surface area contributed by atoms with E-state index in [-0.39, 0.29) is 5.78 Å². The van der Waals surface area contributed by atoms with Crippen molar-refractivity contribution in [1.82, 2.24) is 25.1 Å². The third-order valence-corrected chi connectivity index (χ3v) is 6.35. The van der Waals surface area contributed by atoms with Crippen LogP contribution in [0.5, 0.6) is 0 Å². The van der Waals surface area contributed by atoms with E-state index >= 15 is 0 Å². The molecule has 5 rings (SSSR count). The highest BCUT2D eigenvalue weighted by molar-refractivity contribution is 7.99. The summed E-state index contributed by atoms with van der Waals surface area (Å²) < 4.78 is 0. The summed E-state index contributed by atoms with van der Waals surface area (Å²) in [4.78, 5) is 24.7. The van der Waals surface area contributed by atoms with E-state index in [1.165, 1.54) is 18.1 Å². The standard InChI is InChI=1S/C27H21N5OS/c33-26(17-34-27-30-18-31-32-27)13-19-1-3-20(4-2-19)23-14-24(21-5-9-28-10-6-21)16-25(15-23)22-7-11-29-12-8-22/h1-12,14-16,18H,13,17H2,(H,30,31,32). The number of benzene rings is 2. The van der Waals surface area contributed by atoms with Crippen LogP contribution >= 0.6 is 11.8 Å². The maximum Gasteiger partial charge on any atom is 0.183 e. The van der Waals surface area contributed by atoms with E-state index in [1.807, 2.05) is 36.4 Å². The summed E-state index contributed by atoms with van der Waals surface area (Å²) in [5, 5.41) is 7.21. The predicted octanol–water partition coefficient (Wildman–Crippen LogP) is 5.50. The molecule has 0 radical (unpaired) electrons. The Balaban J connectivity index is 1.39. The highest BCUT2D eigenvalue weighted by atomic mass is 32.2. The molecule has 0 atom stereocenters. The van der Waals surface area contributed by atoms with Gasteiger partial charge in [-0.1, -0.05) is 36.0 Å². The molecule has 7 heteroatoms. The Morgan fingerprint density at radius 2 is 1.24 bits per heavy atom. The summed E-state index contributed by atoms with van der Waals surface area (Å²) >= 11 is 1.37. The molecule has 0 unspecified atom stereocenters. The normalized spacial score (nSPS) is 10.8. The monoisotopic (exact) mass is 463 g/mol. The molecule has 0 amide bonds. The third kappa shape index (κ3) is 5.27. The Hall–Kier alpha value is -4.10. The highest BCUT2D eigenvalue weighted by Crippen LogP contribution is 2.32. The van der Waals surface area contributed by atoms with Gasteiger partial charge in [-0.3, -0.25) is 19.9 Å². The average molecular weight is 464 g/mol. The first-order valence-electron chi connectivity index (χ1n) is 10.8. The maximum absolute atomic E-state index is 12.4. The molecule has 0 spiro atoms. The number of carbonyl (C=O) groups excluding carboxylic acids is 1. The number of hydrogen-bond acceptors (Lipinski definition) is 6. The second-order valence-electron chi connectivity index (χ2n) is 7.76. The Kier molecular flexibility index (Phi) is 6.54. The zero-order valence-electron chi connectivity index (χ0n) is 18.3. The molecule has 1 N–H and O–H groups in total. The van der Waals surface area contributed by atoms with E-state index in [2.05, 4.69) is 55.5 Å². The van der Waals surface area contributed by atoms with Gasteiger partial charge in [0.1, 0.15) is 12.1 Å². The Bertz CT molecular complexity index is 1310. The van der Waals surface area contributed by atoms with Gasteiger partial charge in [0.2, 0.25) is 0 Å². The number of pyridine rings is 2. The molecule has 166 valence electrons. The average Bonchev–Trinajstić information content (AvgIpc) is 3.43. The molecule has 0 aliphatic heterocycles. The number of hydrogen-bond donors (Lipinski definition) is 1. The third-order valence-electron chi connectivity index (χ3n) is 5.41. The number of nitrogens with zero attached hydrogens (tertiary/aromatic N) is 4. The summed E-state index contributed by atoms with van der Waals surface area (Å²) in [5.74, 6) is 0.508. The number of H-pyrrole nitrogens is 1. The summed E-state index contributed by atoms with van der Waals surface area (Å²) in [6.45, 7) is 0. The molecule has 6 nitrogen and oxygen atoms in total. The number of carbonyl (C=O) groups is 1. The van der Waals surface area contributed by atoms with Crippen molar-refractivity contribution in [3.05, 3.63) is 103 Å². The molecule has 5 aromatic rings. The van der Waals surface area contributed by atoms with Crippen LogP contribution in [0, 0.1) is 0 Å². The molecule has 0 fully saturated rings. The molecule has 0 saturated heterocycles. The molecule has 2 aromatic carbocycles. The molecule has 0 saturated carbocycles. The van der Waals surface area contributed by atoms with Gasteiger partial charge in [-0.15, -0.1) is 0 Å². The first kappa shape index (κ1) is 21.7. The van der Waals surface area contributed by atoms with E-state index in [0.29, 0.717) is 17.3 Å². The van der Waals surface area contributed by atoms with Crippen LogP contribution < -0.4 is 0 Å². The van der Waals surface area contributed by atoms with Crippen molar-refractivity contribution >= 4 is 17.5 Å². The van der Waals surface area contributed by atoms with Crippen LogP contribution in [0.4, 0.5) is 0 Å². The van der Waals surface area contributed by atoms with Gasteiger partial charge in [-0.05, 0) is 81.4 Å². The number of thioether (sulfide) groups is 1. The number of nitrogens with one attached hydrogen (secondary N) is 1. The minimum absolute atomic E-state index is 0.147. The maximum atomic E-state index is 12.4. The SMILES string of the molecule is O=C(CSc1ncn[nH]1)Cc1ccc(-c2cc(-c3ccncc3)cc(-c3ccncc3)c2)cc1. The van der Waals surface area contributed by atoms with Crippen LogP contribution in [0.15, 0.2) is 103 Å². The molecule has 0 bridgehead atoms. The highest BCUT2D eigenvalue weighted by Gasteiger charge is 2.10. The lowest BCUT2D eigenvalue weighted by molar-refractivity contribution is -0.116. The lowest BCUT2D eigenvalue weighted by Crippen LogP contribution is -2.05. The van der Waals surface area contributed by atoms with Gasteiger partial charge >= 0.3 is 0 Å². The molecule has 0 aliphatic rings. The molecule has 3 heterocycles. The van der Waals surface area contributed by atoms with E-state index in [9.17, 15) is 4.79 Å². The van der Waals surface area contributed by atoms with Gasteiger partial charge in [0.25, 0.3) is 0 Å². The summed E-state index contributed by atoms with van der Waals surface area (Å²) in [5.41, 5.74) is 7.66. The lowest BCUT2D eigenvalue weighted by atomic mass is 9.93. The van der Waals surface area contributed by atoms with Crippen molar-refractivity contribution in [2.45, 2.75) is 11.6 Å². The predicted molar refractivity (Wildman–Crippen MR) is 134 cm³/mol. The van der Waals surface area contributed by atoms with Gasteiger partial charge in [0.05, 0.1) is 5.75 Å². The van der Waals surface area contributed by atoms with Crippen LogP contribution in [-0.2, 0) is 11.2 Å². The zero-order valence-corrected chi connectivity index (χ0v) is 19.1. The number of ketones is 1. The fourth-order valence-corrected chi connectivity index (χ4v) is 4.36. The minimum Gasteiger partial charge on any atom is -0.298 e. The van der Waals surface area contributed by atoms with E-state index in [4.69, 9.17) is 0 Å². The van der Waals surface area contributed by atoms with Crippen LogP contribution in [0.2, 0.25) is 0 Å². The quantitative estimate of drug-likeness (QED) is 0.306. The second kappa shape index (κ2) is 10.2. The van der Waals surface area contributed by atoms with Crippen LogP contribution in [0.25, 0.3) is 33.4 Å². The molecule has 3 aromatic heterocycles. The number of aromatic nitrogens is 5. The summed E-state index contributed by atoms with van der Waals surface area (Å²) in [7, 11) is 0. The van der Waals surface area contributed by atoms with Crippen LogP contribution in [0.1, 0.15) is 5.56 Å². The topological polar surface area (TPSA) is 84.4 Å². The number of aromatic amines is 1. The van der Waals surface area contributed by atoms with Crippen molar-refractivity contribution < 1.29 is 4.79 Å². The Labute approximate surface area is 201 Å². The van der Waals surface area contributed by atoms with Crippen molar-refractivity contribution in [2.24, 2.45) is 0 Å². The lowest BCUT2D eigenvalue weighted by Gasteiger charge is -2.11. The van der Waals surface area contributed by atoms with Crippen molar-refractivity contribution in [1.29, 1.82) is 0 Å². The number of Topliss-reactive ketones (excluding diaryl/α,β-unsaturated/α-hetero) is 1. The van der Waals surface area contributed by atoms with E-state index in [0.717, 1.165) is 38.9 Å². The van der Waals surface area contributed by atoms with Crippen molar-refractivity contribution in [3.63, 3.8) is 0 Å². The van der Waals surface area contributed by atoms with Crippen molar-refractivity contribution in [2.75, 3.05) is 5.75 Å². The Morgan fingerprint density at radius 3 is 1.74 bits per heavy atom. The van der Waals surface area contributed by atoms with Crippen LogP contribution in [-0.4, -0.2) is 36.7 Å². The first-order chi connectivity index (χ1) is 16.7. The largest absolute Gasteiger partial charge is 0.298 e. The molecule has 34 heavy (non-hydrogen) atoms. The van der Waals surface area contributed by atoms with Gasteiger partial charge in [-0.25, -0.2) is 4.98 Å². The van der Waals surface area contributed by atoms with Gasteiger partial charge in [0.15, 0.2) is 5.16 Å². The molecular formula is C27H21N5OS. The smallest absolute Gasteiger partial charge is 0.183 e. The fourth-order valence-electron chi connectivity index (χ4n) is 3.72. The minimum atomic E-state index is 0.147. The van der Waals surface area contributed by atoms with E-state index in [1.54, 1.807) is 24.8 Å². The molecular weight excluding hydrogens is 442 g/mol. The van der Waals surface area contributed by atoms with Gasteiger partial charge in [0, 0.05) is 31.2 Å². The second-order valence-corrected chi connectivity index (χ2v) is 8.73. The zero-order chi connectivity index (χ0) is 23.2.